The highest BCUT2D eigenvalue weighted by atomic mass is 35.5. The van der Waals surface area contributed by atoms with Crippen LogP contribution in [0.2, 0.25) is 5.02 Å². The maximum absolute atomic E-state index is 12.9. The Morgan fingerprint density at radius 1 is 1.50 bits per heavy atom. The second kappa shape index (κ2) is 5.12. The summed E-state index contributed by atoms with van der Waals surface area (Å²) in [7, 11) is -3.30. The van der Waals surface area contributed by atoms with Crippen molar-refractivity contribution in [3.05, 3.63) is 34.6 Å². The molecule has 0 aliphatic carbocycles. The van der Waals surface area contributed by atoms with Gasteiger partial charge in [0.1, 0.15) is 5.82 Å². The molecule has 0 saturated heterocycles. The summed E-state index contributed by atoms with van der Waals surface area (Å²) in [6.07, 6.45) is 0. The molecule has 0 aromatic heterocycles. The van der Waals surface area contributed by atoms with Crippen LogP contribution in [0.15, 0.2) is 18.2 Å². The van der Waals surface area contributed by atoms with Gasteiger partial charge in [0.15, 0.2) is 9.84 Å². The van der Waals surface area contributed by atoms with Crippen LogP contribution in [-0.4, -0.2) is 20.2 Å². The predicted octanol–water partition coefficient (Wildman–Crippen LogP) is 1.74. The maximum atomic E-state index is 12.9. The van der Waals surface area contributed by atoms with Crippen molar-refractivity contribution >= 4 is 21.4 Å². The third-order valence-electron chi connectivity index (χ3n) is 2.30. The van der Waals surface area contributed by atoms with Gasteiger partial charge >= 0.3 is 0 Å². The van der Waals surface area contributed by atoms with E-state index in [1.807, 2.05) is 0 Å². The van der Waals surface area contributed by atoms with Crippen LogP contribution >= 0.6 is 11.6 Å². The second-order valence-corrected chi connectivity index (χ2v) is 6.43. The topological polar surface area (TPSA) is 60.2 Å². The van der Waals surface area contributed by atoms with Gasteiger partial charge in [0.25, 0.3) is 0 Å². The van der Waals surface area contributed by atoms with E-state index in [0.717, 1.165) is 6.07 Å². The van der Waals surface area contributed by atoms with Gasteiger partial charge in [-0.3, -0.25) is 0 Å². The average molecular weight is 266 g/mol. The summed E-state index contributed by atoms with van der Waals surface area (Å²) in [6.45, 7) is 1.61. The third kappa shape index (κ3) is 3.17. The molecular formula is C10H13ClFNO2S. The normalized spacial score (nSPS) is 13.8. The Balaban J connectivity index is 2.93. The van der Waals surface area contributed by atoms with E-state index >= 15 is 0 Å². The van der Waals surface area contributed by atoms with Crippen LogP contribution in [-0.2, 0) is 15.6 Å². The molecule has 90 valence electrons. The van der Waals surface area contributed by atoms with Crippen molar-refractivity contribution in [1.29, 1.82) is 0 Å². The number of hydrogen-bond acceptors (Lipinski definition) is 3. The molecule has 1 rings (SSSR count). The summed E-state index contributed by atoms with van der Waals surface area (Å²) >= 11 is 5.56. The number of sulfone groups is 1. The minimum Gasteiger partial charge on any atom is -0.329 e. The minimum absolute atomic E-state index is 0.0667. The van der Waals surface area contributed by atoms with Crippen LogP contribution in [0.25, 0.3) is 0 Å². The van der Waals surface area contributed by atoms with E-state index in [4.69, 9.17) is 17.3 Å². The zero-order valence-corrected chi connectivity index (χ0v) is 10.4. The van der Waals surface area contributed by atoms with E-state index < -0.39 is 20.9 Å². The first-order valence-corrected chi connectivity index (χ1v) is 6.81. The van der Waals surface area contributed by atoms with Crippen molar-refractivity contribution in [1.82, 2.24) is 0 Å². The molecule has 0 spiro atoms. The summed E-state index contributed by atoms with van der Waals surface area (Å²) in [5.41, 5.74) is 5.77. The molecule has 0 fully saturated rings. The highest BCUT2D eigenvalue weighted by Gasteiger charge is 2.20. The van der Waals surface area contributed by atoms with E-state index in [0.29, 0.717) is 5.56 Å². The van der Waals surface area contributed by atoms with E-state index in [1.54, 1.807) is 6.92 Å². The fourth-order valence-corrected chi connectivity index (χ4v) is 2.58. The van der Waals surface area contributed by atoms with Crippen molar-refractivity contribution in [2.24, 2.45) is 5.73 Å². The highest BCUT2D eigenvalue weighted by molar-refractivity contribution is 7.91. The Morgan fingerprint density at radius 2 is 2.12 bits per heavy atom. The standard InChI is InChI=1S/C10H13ClFNO2S/c1-7(5-13)16(14,15)6-8-2-3-10(12)9(11)4-8/h2-4,7H,5-6,13H2,1H3. The predicted molar refractivity (Wildman–Crippen MR) is 62.6 cm³/mol. The molecule has 0 saturated carbocycles. The number of halogens is 2. The lowest BCUT2D eigenvalue weighted by molar-refractivity contribution is 0.583. The molecule has 1 aromatic rings. The second-order valence-electron chi connectivity index (χ2n) is 3.60. The molecule has 0 bridgehead atoms. The van der Waals surface area contributed by atoms with Crippen molar-refractivity contribution in [3.8, 4) is 0 Å². The zero-order chi connectivity index (χ0) is 12.3. The molecule has 2 N–H and O–H groups in total. The van der Waals surface area contributed by atoms with Crippen LogP contribution in [0.1, 0.15) is 12.5 Å². The van der Waals surface area contributed by atoms with Gasteiger partial charge in [0.05, 0.1) is 16.0 Å². The first-order chi connectivity index (χ1) is 7.36. The summed E-state index contributed by atoms with van der Waals surface area (Å²) in [5.74, 6) is -0.736. The lowest BCUT2D eigenvalue weighted by Crippen LogP contribution is -2.27. The number of hydrogen-bond donors (Lipinski definition) is 1. The van der Waals surface area contributed by atoms with Gasteiger partial charge in [-0.2, -0.15) is 0 Å². The minimum atomic E-state index is -3.30. The highest BCUT2D eigenvalue weighted by Crippen LogP contribution is 2.18. The van der Waals surface area contributed by atoms with Gasteiger partial charge in [0, 0.05) is 6.54 Å². The summed E-state index contributed by atoms with van der Waals surface area (Å²) in [4.78, 5) is 0. The lowest BCUT2D eigenvalue weighted by Gasteiger charge is -2.10. The Kier molecular flexibility index (Phi) is 4.29. The van der Waals surface area contributed by atoms with E-state index in [2.05, 4.69) is 0 Å². The maximum Gasteiger partial charge on any atom is 0.158 e. The molecule has 0 amide bonds. The average Bonchev–Trinajstić information content (AvgIpc) is 2.22. The summed E-state index contributed by atoms with van der Waals surface area (Å²) in [5, 5.41) is -0.690. The molecule has 16 heavy (non-hydrogen) atoms. The quantitative estimate of drug-likeness (QED) is 0.902. The molecule has 0 aliphatic heterocycles. The zero-order valence-electron chi connectivity index (χ0n) is 8.78. The molecule has 3 nitrogen and oxygen atoms in total. The van der Waals surface area contributed by atoms with Crippen LogP contribution in [0.3, 0.4) is 0 Å². The van der Waals surface area contributed by atoms with E-state index in [1.165, 1.54) is 12.1 Å². The van der Waals surface area contributed by atoms with Gasteiger partial charge in [-0.15, -0.1) is 0 Å². The van der Waals surface area contributed by atoms with Gasteiger partial charge in [-0.05, 0) is 24.6 Å². The summed E-state index contributed by atoms with van der Waals surface area (Å²) < 4.78 is 36.3. The lowest BCUT2D eigenvalue weighted by atomic mass is 10.2. The smallest absolute Gasteiger partial charge is 0.158 e. The Hall–Kier alpha value is -0.650. The molecule has 1 unspecified atom stereocenters. The van der Waals surface area contributed by atoms with Crippen molar-refractivity contribution in [3.63, 3.8) is 0 Å². The Bertz CT molecular complexity index is 476. The SMILES string of the molecule is CC(CN)S(=O)(=O)Cc1ccc(F)c(Cl)c1. The fraction of sp³-hybridized carbons (Fsp3) is 0.400. The molecular weight excluding hydrogens is 253 g/mol. The van der Waals surface area contributed by atoms with Crippen molar-refractivity contribution < 1.29 is 12.8 Å². The Morgan fingerprint density at radius 3 is 2.62 bits per heavy atom. The molecule has 0 heterocycles. The first-order valence-electron chi connectivity index (χ1n) is 4.72. The van der Waals surface area contributed by atoms with E-state index in [-0.39, 0.29) is 17.3 Å². The molecule has 0 aliphatic rings. The molecule has 1 atom stereocenters. The van der Waals surface area contributed by atoms with E-state index in [9.17, 15) is 12.8 Å². The van der Waals surface area contributed by atoms with Crippen molar-refractivity contribution in [2.75, 3.05) is 6.54 Å². The number of benzene rings is 1. The van der Waals surface area contributed by atoms with Gasteiger partial charge in [-0.1, -0.05) is 17.7 Å². The largest absolute Gasteiger partial charge is 0.329 e. The van der Waals surface area contributed by atoms with Gasteiger partial charge in [0.2, 0.25) is 0 Å². The van der Waals surface area contributed by atoms with Crippen LogP contribution < -0.4 is 5.73 Å². The van der Waals surface area contributed by atoms with Gasteiger partial charge in [-0.25, -0.2) is 12.8 Å². The van der Waals surface area contributed by atoms with Crippen LogP contribution in [0, 0.1) is 5.82 Å². The Labute approximate surface area is 99.3 Å². The van der Waals surface area contributed by atoms with Crippen LogP contribution in [0.5, 0.6) is 0 Å². The molecule has 1 aromatic carbocycles. The number of nitrogens with two attached hydrogens (primary N) is 1. The first kappa shape index (κ1) is 13.4. The fourth-order valence-electron chi connectivity index (χ4n) is 1.15. The molecule has 6 heteroatoms. The molecule has 0 radical (unpaired) electrons. The number of rotatable bonds is 4. The third-order valence-corrected chi connectivity index (χ3v) is 4.74. The van der Waals surface area contributed by atoms with Crippen molar-refractivity contribution in [2.45, 2.75) is 17.9 Å². The van der Waals surface area contributed by atoms with Crippen LogP contribution in [0.4, 0.5) is 4.39 Å². The monoisotopic (exact) mass is 265 g/mol. The van der Waals surface area contributed by atoms with Gasteiger partial charge < -0.3 is 5.73 Å². The summed E-state index contributed by atoms with van der Waals surface area (Å²) in [6, 6.07) is 3.87.